The molecule has 0 saturated heterocycles. The molecule has 1 heteroatoms. The van der Waals surface area contributed by atoms with E-state index in [1.165, 1.54) is 140 Å². The predicted octanol–water partition coefficient (Wildman–Crippen LogP) is 11.2. The van der Waals surface area contributed by atoms with E-state index >= 15 is 0 Å². The van der Waals surface area contributed by atoms with Gasteiger partial charge in [0.25, 0.3) is 0 Å². The van der Waals surface area contributed by atoms with E-state index in [1.54, 1.807) is 5.30 Å². The minimum atomic E-state index is -1.95. The van der Waals surface area contributed by atoms with Crippen molar-refractivity contribution in [3.63, 3.8) is 0 Å². The zero-order valence-electron chi connectivity index (χ0n) is 23.9. The van der Waals surface area contributed by atoms with Crippen molar-refractivity contribution in [1.82, 2.24) is 0 Å². The van der Waals surface area contributed by atoms with Gasteiger partial charge in [0.05, 0.1) is 0 Å². The van der Waals surface area contributed by atoms with E-state index in [4.69, 9.17) is 0 Å². The second kappa shape index (κ2) is 18.6. The summed E-state index contributed by atoms with van der Waals surface area (Å²) >= 11 is 0. The summed E-state index contributed by atoms with van der Waals surface area (Å²) in [4.78, 5) is 0. The monoisotopic (exact) mass is 488 g/mol. The van der Waals surface area contributed by atoms with E-state index in [9.17, 15) is 0 Å². The molecule has 0 nitrogen and oxygen atoms in total. The number of unbranched alkanes of at least 4 members (excludes halogenated alkanes) is 15. The van der Waals surface area contributed by atoms with Gasteiger partial charge in [0, 0.05) is 0 Å². The van der Waals surface area contributed by atoms with Gasteiger partial charge in [-0.1, -0.05) is 0 Å². The average Bonchev–Trinajstić information content (AvgIpc) is 2.86. The minimum absolute atomic E-state index is 1.27. The fourth-order valence-electron chi connectivity index (χ4n) is 5.86. The van der Waals surface area contributed by atoms with Crippen molar-refractivity contribution in [3.8, 4) is 0 Å². The van der Waals surface area contributed by atoms with Crippen molar-refractivity contribution >= 4 is 18.0 Å². The summed E-state index contributed by atoms with van der Waals surface area (Å²) in [6.07, 6.45) is 31.9. The molecule has 0 aliphatic heterocycles. The fraction of sp³-hybridized carbons (Fsp3) is 0.758. The molecule has 1 aromatic rings. The molecule has 1 aromatic carbocycles. The van der Waals surface area contributed by atoms with Crippen LogP contribution in [0.25, 0.3) is 6.08 Å². The van der Waals surface area contributed by atoms with Crippen LogP contribution in [-0.4, -0.2) is 25.2 Å². The molecule has 0 saturated carbocycles. The normalized spacial score (nSPS) is 13.0. The third-order valence-electron chi connectivity index (χ3n) is 8.42. The van der Waals surface area contributed by atoms with Gasteiger partial charge < -0.3 is 0 Å². The maximum absolute atomic E-state index is 4.01. The Kier molecular flexibility index (Phi) is 17.2. The van der Waals surface area contributed by atoms with E-state index in [1.807, 2.05) is 6.08 Å². The van der Waals surface area contributed by atoms with Crippen LogP contribution in [0.5, 0.6) is 0 Å². The zero-order chi connectivity index (χ0) is 25.0. The van der Waals surface area contributed by atoms with Crippen LogP contribution in [0.2, 0.25) is 0 Å². The molecule has 34 heavy (non-hydrogen) atoms. The number of rotatable bonds is 23. The van der Waals surface area contributed by atoms with Gasteiger partial charge in [-0.3, -0.25) is 0 Å². The molecule has 0 heterocycles. The Bertz CT molecular complexity index is 570. The standard InChI is InChI=1S/C33H61P/c1-6-10-13-16-19-22-29-34(5,30-23-20-17-14-11-7-2,31-24-21-18-15-12-8-3)33-27-25-32(9-4)26-28-33/h9,25-28H,4,6-8,10-24,29-31H2,1-3,5H3. The zero-order valence-corrected chi connectivity index (χ0v) is 24.8. The number of hydrogen-bond acceptors (Lipinski definition) is 0. The molecule has 0 spiro atoms. The molecule has 198 valence electrons. The quantitative estimate of drug-likeness (QED) is 0.106. The number of benzene rings is 1. The molecule has 0 bridgehead atoms. The molecule has 0 unspecified atom stereocenters. The van der Waals surface area contributed by atoms with E-state index in [2.05, 4.69) is 58.3 Å². The second-order valence-corrected chi connectivity index (χ2v) is 18.1. The van der Waals surface area contributed by atoms with Crippen molar-refractivity contribution < 1.29 is 0 Å². The summed E-state index contributed by atoms with van der Waals surface area (Å²) in [6, 6.07) is 9.72. The average molecular weight is 489 g/mol. The van der Waals surface area contributed by atoms with Gasteiger partial charge in [0.2, 0.25) is 0 Å². The van der Waals surface area contributed by atoms with Gasteiger partial charge in [-0.2, -0.15) is 0 Å². The summed E-state index contributed by atoms with van der Waals surface area (Å²) in [5, 5.41) is 1.73. The van der Waals surface area contributed by atoms with Crippen molar-refractivity contribution in [2.75, 3.05) is 25.2 Å². The Hall–Kier alpha value is -0.610. The molecular formula is C33H61P. The summed E-state index contributed by atoms with van der Waals surface area (Å²) in [5.41, 5.74) is 1.27. The van der Waals surface area contributed by atoms with E-state index < -0.39 is 6.60 Å². The van der Waals surface area contributed by atoms with Gasteiger partial charge in [-0.25, -0.2) is 0 Å². The van der Waals surface area contributed by atoms with Crippen LogP contribution < -0.4 is 5.30 Å². The molecule has 0 fully saturated rings. The Labute approximate surface area is 215 Å². The summed E-state index contributed by atoms with van der Waals surface area (Å²) < 4.78 is 0. The van der Waals surface area contributed by atoms with Crippen LogP contribution in [0.3, 0.4) is 0 Å². The van der Waals surface area contributed by atoms with Crippen LogP contribution in [0.4, 0.5) is 0 Å². The van der Waals surface area contributed by atoms with Gasteiger partial charge >= 0.3 is 216 Å². The molecule has 0 aliphatic carbocycles. The Morgan fingerprint density at radius 3 is 1.18 bits per heavy atom. The summed E-state index contributed by atoms with van der Waals surface area (Å²) in [6.45, 7) is 11.8. The van der Waals surface area contributed by atoms with Gasteiger partial charge in [0.1, 0.15) is 0 Å². The molecule has 0 aliphatic rings. The predicted molar refractivity (Wildman–Crippen MR) is 164 cm³/mol. The van der Waals surface area contributed by atoms with Gasteiger partial charge in [0.15, 0.2) is 0 Å². The molecule has 0 aromatic heterocycles. The third-order valence-corrected chi connectivity index (χ3v) is 15.2. The van der Waals surface area contributed by atoms with E-state index in [0.717, 1.165) is 0 Å². The van der Waals surface area contributed by atoms with Crippen LogP contribution in [0, 0.1) is 0 Å². The maximum atomic E-state index is 4.01. The van der Waals surface area contributed by atoms with Gasteiger partial charge in [-0.05, 0) is 0 Å². The first-order valence-electron chi connectivity index (χ1n) is 15.3. The summed E-state index contributed by atoms with van der Waals surface area (Å²) in [7, 11) is 0. The Morgan fingerprint density at radius 2 is 0.853 bits per heavy atom. The topological polar surface area (TPSA) is 0 Å². The van der Waals surface area contributed by atoms with Crippen LogP contribution >= 0.6 is 6.60 Å². The molecule has 1 rings (SSSR count). The van der Waals surface area contributed by atoms with Crippen LogP contribution in [0.1, 0.15) is 142 Å². The van der Waals surface area contributed by atoms with Crippen LogP contribution in [0.15, 0.2) is 30.8 Å². The Balaban J connectivity index is 3.00. The first kappa shape index (κ1) is 31.4. The third kappa shape index (κ3) is 11.9. The molecule has 0 atom stereocenters. The van der Waals surface area contributed by atoms with Crippen molar-refractivity contribution in [1.29, 1.82) is 0 Å². The molecule has 0 radical (unpaired) electrons. The van der Waals surface area contributed by atoms with Crippen LogP contribution in [-0.2, 0) is 0 Å². The SMILES string of the molecule is C=Cc1ccc(P(C)(CCCCCCCC)(CCCCCCCC)CCCCCCCC)cc1. The van der Waals surface area contributed by atoms with E-state index in [0.29, 0.717) is 0 Å². The molecular weight excluding hydrogens is 427 g/mol. The second-order valence-electron chi connectivity index (χ2n) is 11.6. The van der Waals surface area contributed by atoms with Crippen molar-refractivity contribution in [2.45, 2.75) is 136 Å². The number of hydrogen-bond donors (Lipinski definition) is 0. The Morgan fingerprint density at radius 1 is 0.529 bits per heavy atom. The van der Waals surface area contributed by atoms with Crippen molar-refractivity contribution in [2.24, 2.45) is 0 Å². The van der Waals surface area contributed by atoms with E-state index in [-0.39, 0.29) is 0 Å². The van der Waals surface area contributed by atoms with Crippen molar-refractivity contribution in [3.05, 3.63) is 36.4 Å². The first-order chi connectivity index (χ1) is 16.5. The van der Waals surface area contributed by atoms with Gasteiger partial charge in [-0.15, -0.1) is 0 Å². The molecule has 0 N–H and O–H groups in total. The fourth-order valence-corrected chi connectivity index (χ4v) is 11.8. The first-order valence-corrected chi connectivity index (χ1v) is 18.5. The summed E-state index contributed by atoms with van der Waals surface area (Å²) in [5.74, 6) is 0. The molecule has 0 amide bonds.